The number of rotatable bonds is 9. The van der Waals surface area contributed by atoms with Gasteiger partial charge in [-0.25, -0.2) is 0 Å². The van der Waals surface area contributed by atoms with Crippen molar-refractivity contribution < 1.29 is 14.3 Å². The number of nitrogens with zero attached hydrogens (tertiary/aromatic N) is 1. The maximum atomic E-state index is 13.3. The van der Waals surface area contributed by atoms with E-state index < -0.39 is 6.04 Å². The fourth-order valence-electron chi connectivity index (χ4n) is 4.11. The molecule has 1 atom stereocenters. The molecule has 34 heavy (non-hydrogen) atoms. The summed E-state index contributed by atoms with van der Waals surface area (Å²) in [6.07, 6.45) is 5.76. The van der Waals surface area contributed by atoms with Crippen LogP contribution in [0.5, 0.6) is 5.75 Å². The molecule has 5 nitrogen and oxygen atoms in total. The molecule has 1 aliphatic rings. The summed E-state index contributed by atoms with van der Waals surface area (Å²) in [5, 5.41) is 4.72. The van der Waals surface area contributed by atoms with Crippen molar-refractivity contribution in [1.29, 1.82) is 0 Å². The molecule has 1 unspecified atom stereocenters. The maximum Gasteiger partial charge on any atom is 0.261 e. The molecule has 0 bridgehead atoms. The molecule has 0 radical (unpaired) electrons. The molecule has 0 spiro atoms. The second kappa shape index (κ2) is 12.9. The molecule has 0 saturated heterocycles. The Hall–Kier alpha value is -1.66. The summed E-state index contributed by atoms with van der Waals surface area (Å²) in [6, 6.07) is 9.43. The molecular formula is C25H28Cl4N2O3. The van der Waals surface area contributed by atoms with Gasteiger partial charge in [0.05, 0.1) is 15.1 Å². The van der Waals surface area contributed by atoms with Crippen molar-refractivity contribution in [2.45, 2.75) is 64.1 Å². The molecule has 0 aromatic heterocycles. The number of hydrogen-bond donors (Lipinski definition) is 1. The van der Waals surface area contributed by atoms with Gasteiger partial charge in [-0.3, -0.25) is 9.59 Å². The summed E-state index contributed by atoms with van der Waals surface area (Å²) in [7, 11) is 0. The van der Waals surface area contributed by atoms with E-state index >= 15 is 0 Å². The lowest BCUT2D eigenvalue weighted by Crippen LogP contribution is -2.52. The number of ether oxygens (including phenoxy) is 1. The number of nitrogens with one attached hydrogen (secondary N) is 1. The summed E-state index contributed by atoms with van der Waals surface area (Å²) >= 11 is 24.4. The van der Waals surface area contributed by atoms with Gasteiger partial charge < -0.3 is 15.0 Å². The zero-order valence-electron chi connectivity index (χ0n) is 19.0. The molecule has 1 fully saturated rings. The molecule has 9 heteroatoms. The normalized spacial score (nSPS) is 15.0. The van der Waals surface area contributed by atoms with E-state index in [1.165, 1.54) is 11.3 Å². The number of carbonyl (C=O) groups excluding carboxylic acids is 2. The number of hydrogen-bond acceptors (Lipinski definition) is 3. The van der Waals surface area contributed by atoms with Gasteiger partial charge in [-0.05, 0) is 55.2 Å². The van der Waals surface area contributed by atoms with Crippen molar-refractivity contribution in [3.05, 3.63) is 62.1 Å². The van der Waals surface area contributed by atoms with E-state index in [1.54, 1.807) is 36.4 Å². The smallest absolute Gasteiger partial charge is 0.261 e. The topological polar surface area (TPSA) is 58.6 Å². The molecule has 184 valence electrons. The van der Waals surface area contributed by atoms with Crippen LogP contribution in [0.3, 0.4) is 0 Å². The summed E-state index contributed by atoms with van der Waals surface area (Å²) in [6.45, 7) is 1.79. The van der Waals surface area contributed by atoms with Crippen LogP contribution in [0.25, 0.3) is 0 Å². The zero-order valence-corrected chi connectivity index (χ0v) is 22.0. The van der Waals surface area contributed by atoms with Gasteiger partial charge in [-0.2, -0.15) is 0 Å². The van der Waals surface area contributed by atoms with Crippen molar-refractivity contribution in [3.63, 3.8) is 0 Å². The Morgan fingerprint density at radius 3 is 2.38 bits per heavy atom. The number of amides is 2. The van der Waals surface area contributed by atoms with Gasteiger partial charge >= 0.3 is 0 Å². The first kappa shape index (κ1) is 26.9. The van der Waals surface area contributed by atoms with Gasteiger partial charge in [0.1, 0.15) is 11.8 Å². The molecule has 2 aromatic carbocycles. The third-order valence-electron chi connectivity index (χ3n) is 5.92. The minimum Gasteiger partial charge on any atom is -0.482 e. The van der Waals surface area contributed by atoms with Crippen molar-refractivity contribution >= 4 is 58.2 Å². The van der Waals surface area contributed by atoms with E-state index in [0.717, 1.165) is 31.2 Å². The fourth-order valence-corrected chi connectivity index (χ4v) is 4.90. The molecule has 2 aromatic rings. The monoisotopic (exact) mass is 544 g/mol. The molecule has 1 saturated carbocycles. The predicted octanol–water partition coefficient (Wildman–Crippen LogP) is 6.94. The highest BCUT2D eigenvalue weighted by Gasteiger charge is 2.30. The second-order valence-corrected chi connectivity index (χ2v) is 10.1. The van der Waals surface area contributed by atoms with Crippen LogP contribution in [-0.2, 0) is 16.1 Å². The molecule has 3 rings (SSSR count). The molecule has 0 aliphatic heterocycles. The standard InChI is InChI=1S/C25H28Cl4N2O3/c1-2-22(25(33)30-18-6-4-3-5-7-18)31(14-16-8-10-19(27)20(28)12-16)24(32)15-34-23-11-9-17(26)13-21(23)29/h8-13,18,22H,2-7,14-15H2,1H3,(H,30,33). The Bertz CT molecular complexity index is 1010. The van der Waals surface area contributed by atoms with Crippen LogP contribution in [0.4, 0.5) is 0 Å². The fraction of sp³-hybridized carbons (Fsp3) is 0.440. The van der Waals surface area contributed by atoms with E-state index in [1.807, 2.05) is 6.92 Å². The van der Waals surface area contributed by atoms with Gasteiger partial charge in [0, 0.05) is 17.6 Å². The molecule has 1 N–H and O–H groups in total. The van der Waals surface area contributed by atoms with E-state index in [0.29, 0.717) is 32.3 Å². The van der Waals surface area contributed by atoms with E-state index in [4.69, 9.17) is 51.1 Å². The Morgan fingerprint density at radius 2 is 1.74 bits per heavy atom. The maximum absolute atomic E-state index is 13.3. The average Bonchev–Trinajstić information content (AvgIpc) is 2.81. The summed E-state index contributed by atoms with van der Waals surface area (Å²) in [5.41, 5.74) is 0.760. The van der Waals surface area contributed by atoms with Crippen LogP contribution in [0.1, 0.15) is 51.0 Å². The quantitative estimate of drug-likeness (QED) is 0.371. The number of halogens is 4. The first-order valence-electron chi connectivity index (χ1n) is 11.4. The highest BCUT2D eigenvalue weighted by Crippen LogP contribution is 2.28. The van der Waals surface area contributed by atoms with Gasteiger partial charge in [0.15, 0.2) is 6.61 Å². The van der Waals surface area contributed by atoms with Crippen molar-refractivity contribution in [2.75, 3.05) is 6.61 Å². The minimum absolute atomic E-state index is 0.140. The van der Waals surface area contributed by atoms with Crippen molar-refractivity contribution in [3.8, 4) is 5.75 Å². The number of carbonyl (C=O) groups is 2. The van der Waals surface area contributed by atoms with Crippen molar-refractivity contribution in [1.82, 2.24) is 10.2 Å². The second-order valence-electron chi connectivity index (χ2n) is 8.40. The SMILES string of the molecule is CCC(C(=O)NC1CCCCC1)N(Cc1ccc(Cl)c(Cl)c1)C(=O)COc1ccc(Cl)cc1Cl. The third-order valence-corrected chi connectivity index (χ3v) is 7.19. The van der Waals surface area contributed by atoms with E-state index in [-0.39, 0.29) is 31.0 Å². The largest absolute Gasteiger partial charge is 0.482 e. The van der Waals surface area contributed by atoms with Crippen LogP contribution in [0.15, 0.2) is 36.4 Å². The van der Waals surface area contributed by atoms with Gasteiger partial charge in [-0.15, -0.1) is 0 Å². The van der Waals surface area contributed by atoms with Crippen LogP contribution >= 0.6 is 46.4 Å². The zero-order chi connectivity index (χ0) is 24.7. The Balaban J connectivity index is 1.79. The lowest BCUT2D eigenvalue weighted by Gasteiger charge is -2.32. The first-order chi connectivity index (χ1) is 16.3. The Labute approximate surface area is 220 Å². The predicted molar refractivity (Wildman–Crippen MR) is 138 cm³/mol. The highest BCUT2D eigenvalue weighted by molar-refractivity contribution is 6.42. The van der Waals surface area contributed by atoms with Crippen LogP contribution in [0, 0.1) is 0 Å². The lowest BCUT2D eigenvalue weighted by molar-refractivity contribution is -0.143. The highest BCUT2D eigenvalue weighted by atomic mass is 35.5. The Kier molecular flexibility index (Phi) is 10.2. The lowest BCUT2D eigenvalue weighted by atomic mass is 9.95. The molecule has 2 amide bonds. The summed E-state index contributed by atoms with van der Waals surface area (Å²) in [4.78, 5) is 28.1. The molecule has 1 aliphatic carbocycles. The number of benzene rings is 2. The van der Waals surface area contributed by atoms with Gasteiger partial charge in [0.2, 0.25) is 5.91 Å². The summed E-state index contributed by atoms with van der Waals surface area (Å²) in [5.74, 6) is -0.163. The van der Waals surface area contributed by atoms with E-state index in [9.17, 15) is 9.59 Å². The first-order valence-corrected chi connectivity index (χ1v) is 12.9. The average molecular weight is 546 g/mol. The molecule has 0 heterocycles. The van der Waals surface area contributed by atoms with Crippen molar-refractivity contribution in [2.24, 2.45) is 0 Å². The summed E-state index contributed by atoms with van der Waals surface area (Å²) < 4.78 is 5.68. The van der Waals surface area contributed by atoms with E-state index in [2.05, 4.69) is 5.32 Å². The van der Waals surface area contributed by atoms with Crippen LogP contribution in [-0.4, -0.2) is 35.4 Å². The van der Waals surface area contributed by atoms with Crippen LogP contribution in [0.2, 0.25) is 20.1 Å². The van der Waals surface area contributed by atoms with Gasteiger partial charge in [-0.1, -0.05) is 78.7 Å². The van der Waals surface area contributed by atoms with Crippen LogP contribution < -0.4 is 10.1 Å². The Morgan fingerprint density at radius 1 is 1.00 bits per heavy atom. The minimum atomic E-state index is -0.659. The third kappa shape index (κ3) is 7.42. The molecular weight excluding hydrogens is 518 g/mol. The van der Waals surface area contributed by atoms with Gasteiger partial charge in [0.25, 0.3) is 5.91 Å².